The van der Waals surface area contributed by atoms with E-state index in [2.05, 4.69) is 0 Å². The summed E-state index contributed by atoms with van der Waals surface area (Å²) >= 11 is 5.86. The smallest absolute Gasteiger partial charge is 0.227 e. The third-order valence-corrected chi connectivity index (χ3v) is 5.97. The van der Waals surface area contributed by atoms with Crippen LogP contribution in [0.15, 0.2) is 18.2 Å². The molecular formula is C13H15ClFNO3S. The van der Waals surface area contributed by atoms with Crippen molar-refractivity contribution < 1.29 is 17.6 Å². The van der Waals surface area contributed by atoms with Gasteiger partial charge in [0.25, 0.3) is 0 Å². The van der Waals surface area contributed by atoms with Crippen molar-refractivity contribution in [1.29, 1.82) is 0 Å². The maximum Gasteiger partial charge on any atom is 0.227 e. The first-order chi connectivity index (χ1) is 9.35. The summed E-state index contributed by atoms with van der Waals surface area (Å²) in [5.74, 6) is -0.762. The zero-order valence-corrected chi connectivity index (χ0v) is 12.5. The van der Waals surface area contributed by atoms with Gasteiger partial charge in [0.1, 0.15) is 5.82 Å². The van der Waals surface area contributed by atoms with Gasteiger partial charge in [0.05, 0.1) is 11.7 Å². The molecule has 1 aromatic carbocycles. The van der Waals surface area contributed by atoms with Crippen LogP contribution < -0.4 is 0 Å². The first kappa shape index (κ1) is 15.3. The summed E-state index contributed by atoms with van der Waals surface area (Å²) in [7, 11) is -3.11. The average Bonchev–Trinajstić information content (AvgIpc) is 2.32. The maximum absolute atomic E-state index is 13.6. The lowest BCUT2D eigenvalue weighted by molar-refractivity contribution is -0.133. The number of rotatable bonds is 4. The van der Waals surface area contributed by atoms with Gasteiger partial charge in [0, 0.05) is 29.4 Å². The predicted molar refractivity (Wildman–Crippen MR) is 74.9 cm³/mol. The highest BCUT2D eigenvalue weighted by Crippen LogP contribution is 2.23. The molecule has 0 radical (unpaired) electrons. The van der Waals surface area contributed by atoms with Crippen LogP contribution in [-0.2, 0) is 21.1 Å². The quantitative estimate of drug-likeness (QED) is 0.848. The van der Waals surface area contributed by atoms with Crippen molar-refractivity contribution in [3.63, 3.8) is 0 Å². The maximum atomic E-state index is 13.6. The summed E-state index contributed by atoms with van der Waals surface area (Å²) < 4.78 is 36.8. The van der Waals surface area contributed by atoms with Crippen LogP contribution in [0.1, 0.15) is 12.5 Å². The number of benzene rings is 1. The third kappa shape index (κ3) is 2.96. The molecule has 0 aliphatic carbocycles. The first-order valence-electron chi connectivity index (χ1n) is 6.27. The Morgan fingerprint density at radius 2 is 2.10 bits per heavy atom. The van der Waals surface area contributed by atoms with Crippen molar-refractivity contribution in [2.75, 3.05) is 18.8 Å². The SMILES string of the molecule is CCS(=O)(=O)C1CN(C(=O)Cc2c(F)cccc2Cl)C1. The Balaban J connectivity index is 1.99. The Bertz CT molecular complexity index is 606. The number of amides is 1. The van der Waals surface area contributed by atoms with Gasteiger partial charge in [-0.15, -0.1) is 0 Å². The van der Waals surface area contributed by atoms with Crippen LogP contribution >= 0.6 is 11.6 Å². The molecule has 2 rings (SSSR count). The van der Waals surface area contributed by atoms with Gasteiger partial charge in [-0.25, -0.2) is 12.8 Å². The van der Waals surface area contributed by atoms with E-state index in [1.165, 1.54) is 23.1 Å². The largest absolute Gasteiger partial charge is 0.340 e. The zero-order valence-electron chi connectivity index (χ0n) is 11.0. The Hall–Kier alpha value is -1.14. The number of carbonyl (C=O) groups is 1. The summed E-state index contributed by atoms with van der Waals surface area (Å²) in [6, 6.07) is 4.24. The van der Waals surface area contributed by atoms with E-state index in [1.54, 1.807) is 6.92 Å². The second-order valence-corrected chi connectivity index (χ2v) is 7.73. The average molecular weight is 320 g/mol. The minimum Gasteiger partial charge on any atom is -0.340 e. The van der Waals surface area contributed by atoms with Gasteiger partial charge in [0.2, 0.25) is 5.91 Å². The minimum atomic E-state index is -3.11. The Morgan fingerprint density at radius 1 is 1.45 bits per heavy atom. The third-order valence-electron chi connectivity index (χ3n) is 3.50. The summed E-state index contributed by atoms with van der Waals surface area (Å²) in [6.07, 6.45) is -0.148. The molecule has 1 fully saturated rings. The van der Waals surface area contributed by atoms with Crippen molar-refractivity contribution in [1.82, 2.24) is 4.90 Å². The Labute approximate surface area is 122 Å². The molecule has 1 aliphatic heterocycles. The number of sulfone groups is 1. The minimum absolute atomic E-state index is 0.0683. The summed E-state index contributed by atoms with van der Waals surface area (Å²) in [5, 5.41) is -0.288. The van der Waals surface area contributed by atoms with E-state index in [0.717, 1.165) is 0 Å². The Morgan fingerprint density at radius 3 is 2.65 bits per heavy atom. The lowest BCUT2D eigenvalue weighted by Gasteiger charge is -2.38. The molecule has 0 spiro atoms. The number of likely N-dealkylation sites (tertiary alicyclic amines) is 1. The highest BCUT2D eigenvalue weighted by atomic mass is 35.5. The van der Waals surface area contributed by atoms with Gasteiger partial charge in [-0.05, 0) is 12.1 Å². The molecule has 0 aromatic heterocycles. The lowest BCUT2D eigenvalue weighted by atomic mass is 10.1. The van der Waals surface area contributed by atoms with E-state index in [0.29, 0.717) is 0 Å². The van der Waals surface area contributed by atoms with Crippen molar-refractivity contribution >= 4 is 27.3 Å². The molecule has 1 saturated heterocycles. The van der Waals surface area contributed by atoms with Gasteiger partial charge >= 0.3 is 0 Å². The van der Waals surface area contributed by atoms with Crippen LogP contribution in [0.3, 0.4) is 0 Å². The second kappa shape index (κ2) is 5.69. The molecule has 20 heavy (non-hydrogen) atoms. The summed E-state index contributed by atoms with van der Waals surface area (Å²) in [6.45, 7) is 1.95. The van der Waals surface area contributed by atoms with Crippen molar-refractivity contribution in [3.05, 3.63) is 34.6 Å². The summed E-state index contributed by atoms with van der Waals surface area (Å²) in [5.41, 5.74) is 0.154. The number of nitrogens with zero attached hydrogens (tertiary/aromatic N) is 1. The fourth-order valence-electron chi connectivity index (χ4n) is 2.07. The monoisotopic (exact) mass is 319 g/mol. The van der Waals surface area contributed by atoms with E-state index < -0.39 is 20.9 Å². The number of carbonyl (C=O) groups excluding carboxylic acids is 1. The molecular weight excluding hydrogens is 305 g/mol. The number of hydrogen-bond acceptors (Lipinski definition) is 3. The zero-order chi connectivity index (χ0) is 14.9. The fourth-order valence-corrected chi connectivity index (χ4v) is 3.58. The lowest BCUT2D eigenvalue weighted by Crippen LogP contribution is -2.57. The van der Waals surface area contributed by atoms with Crippen molar-refractivity contribution in [3.8, 4) is 0 Å². The fraction of sp³-hybridized carbons (Fsp3) is 0.462. The van der Waals surface area contributed by atoms with E-state index in [4.69, 9.17) is 11.6 Å². The van der Waals surface area contributed by atoms with E-state index >= 15 is 0 Å². The van der Waals surface area contributed by atoms with Crippen molar-refractivity contribution in [2.24, 2.45) is 0 Å². The number of halogens is 2. The molecule has 1 amide bonds. The van der Waals surface area contributed by atoms with E-state index in [1.807, 2.05) is 0 Å². The van der Waals surface area contributed by atoms with Gasteiger partial charge in [0.15, 0.2) is 9.84 Å². The van der Waals surface area contributed by atoms with Gasteiger partial charge in [-0.2, -0.15) is 0 Å². The molecule has 0 atom stereocenters. The van der Waals surface area contributed by atoms with Crippen LogP contribution in [0, 0.1) is 5.82 Å². The van der Waals surface area contributed by atoms with Gasteiger partial charge in [-0.3, -0.25) is 4.79 Å². The summed E-state index contributed by atoms with van der Waals surface area (Å²) in [4.78, 5) is 13.4. The predicted octanol–water partition coefficient (Wildman–Crippen LogP) is 1.67. The highest BCUT2D eigenvalue weighted by Gasteiger charge is 2.38. The molecule has 1 aromatic rings. The van der Waals surface area contributed by atoms with Crippen LogP contribution in [-0.4, -0.2) is 43.3 Å². The Kier molecular flexibility index (Phi) is 4.34. The molecule has 4 nitrogen and oxygen atoms in total. The number of hydrogen-bond donors (Lipinski definition) is 0. The molecule has 7 heteroatoms. The van der Waals surface area contributed by atoms with E-state index in [-0.39, 0.29) is 41.8 Å². The van der Waals surface area contributed by atoms with Gasteiger partial charge in [-0.1, -0.05) is 24.6 Å². The first-order valence-corrected chi connectivity index (χ1v) is 8.36. The molecule has 0 unspecified atom stereocenters. The van der Waals surface area contributed by atoms with Gasteiger partial charge < -0.3 is 4.90 Å². The molecule has 1 heterocycles. The molecule has 0 N–H and O–H groups in total. The molecule has 0 saturated carbocycles. The van der Waals surface area contributed by atoms with Crippen LogP contribution in [0.4, 0.5) is 4.39 Å². The molecule has 110 valence electrons. The van der Waals surface area contributed by atoms with Crippen LogP contribution in [0.2, 0.25) is 5.02 Å². The van der Waals surface area contributed by atoms with E-state index in [9.17, 15) is 17.6 Å². The second-order valence-electron chi connectivity index (χ2n) is 4.75. The standard InChI is InChI=1S/C13H15ClFNO3S/c1-2-20(18,19)9-7-16(8-9)13(17)6-10-11(14)4-3-5-12(10)15/h3-5,9H,2,6-8H2,1H3. The van der Waals surface area contributed by atoms with Crippen LogP contribution in [0.25, 0.3) is 0 Å². The highest BCUT2D eigenvalue weighted by molar-refractivity contribution is 7.92. The topological polar surface area (TPSA) is 54.5 Å². The molecule has 0 bridgehead atoms. The molecule has 1 aliphatic rings. The van der Waals surface area contributed by atoms with Crippen LogP contribution in [0.5, 0.6) is 0 Å². The normalized spacial score (nSPS) is 16.1. The van der Waals surface area contributed by atoms with Crippen molar-refractivity contribution in [2.45, 2.75) is 18.6 Å².